The Balaban J connectivity index is 0.000000292. The lowest BCUT2D eigenvalue weighted by Crippen LogP contribution is -2.68. The fraction of sp³-hybridized carbons (Fsp3) is 0.833. The van der Waals surface area contributed by atoms with E-state index in [-0.39, 0.29) is 0 Å². The molecule has 1 aliphatic heterocycles. The zero-order valence-corrected chi connectivity index (χ0v) is 9.42. The maximum Gasteiger partial charge on any atom is 0.344 e. The number of hydrogen-bond donors (Lipinski definition) is 0. The predicted molar refractivity (Wildman–Crippen MR) is 39.2 cm³/mol. The first-order chi connectivity index (χ1) is 6.22. The Labute approximate surface area is 89.4 Å². The third kappa shape index (κ3) is 7.31. The lowest BCUT2D eigenvalue weighted by atomic mass is 10.3. The van der Waals surface area contributed by atoms with Crippen LogP contribution in [0.15, 0.2) is 0 Å². The van der Waals surface area contributed by atoms with Crippen molar-refractivity contribution in [1.29, 1.82) is 0 Å². The molecule has 0 aromatic heterocycles. The molecule has 0 aromatic carbocycles. The summed E-state index contributed by atoms with van der Waals surface area (Å²) >= 11 is 5.89. The molecule has 0 radical (unpaired) electrons. The van der Waals surface area contributed by atoms with Gasteiger partial charge in [-0.3, -0.25) is 9.48 Å². The second-order valence-electron chi connectivity index (χ2n) is 2.84. The molecule has 14 heavy (non-hydrogen) atoms. The fourth-order valence-corrected chi connectivity index (χ4v) is 1.19. The van der Waals surface area contributed by atoms with Crippen molar-refractivity contribution in [2.45, 2.75) is 6.42 Å². The van der Waals surface area contributed by atoms with Gasteiger partial charge in [0.1, 0.15) is 0 Å². The van der Waals surface area contributed by atoms with E-state index in [4.69, 9.17) is 30.2 Å². The normalized spacial score (nSPS) is 17.8. The summed E-state index contributed by atoms with van der Waals surface area (Å²) in [5, 5.41) is 0.862. The van der Waals surface area contributed by atoms with Crippen LogP contribution in [0.2, 0.25) is 0 Å². The van der Waals surface area contributed by atoms with Crippen LogP contribution in [0, 0.1) is 10.2 Å². The summed E-state index contributed by atoms with van der Waals surface area (Å²) in [5.74, 6) is 0. The van der Waals surface area contributed by atoms with Gasteiger partial charge in [0.25, 0.3) is 0 Å². The molecule has 1 heterocycles. The first kappa shape index (κ1) is 13.9. The Morgan fingerprint density at radius 2 is 1.79 bits per heavy atom. The molecule has 0 saturated heterocycles. The minimum atomic E-state index is -4.94. The van der Waals surface area contributed by atoms with Crippen LogP contribution in [-0.4, -0.2) is 42.0 Å². The SMILES string of the molecule is CN1CCC[N+](C)=C1Cl.[O-][Cl+3]([O-])([O-])[O-]. The summed E-state index contributed by atoms with van der Waals surface area (Å²) in [6.45, 7) is 2.17. The Bertz CT molecular complexity index is 210. The van der Waals surface area contributed by atoms with Gasteiger partial charge in [-0.05, 0) is 0 Å². The van der Waals surface area contributed by atoms with E-state index in [9.17, 15) is 0 Å². The van der Waals surface area contributed by atoms with Crippen LogP contribution < -0.4 is 18.6 Å². The van der Waals surface area contributed by atoms with Crippen LogP contribution in [0.1, 0.15) is 6.42 Å². The van der Waals surface area contributed by atoms with Crippen molar-refractivity contribution in [3.05, 3.63) is 0 Å². The standard InChI is InChI=1S/C6H12ClN2.ClHO4/c1-8-4-3-5-9(2)6(8)7;2-1(3,4)5/h3-5H2,1-2H3;(H,2,3,4,5)/q+1;/p-1. The average molecular weight is 247 g/mol. The molecule has 0 N–H and O–H groups in total. The summed E-state index contributed by atoms with van der Waals surface area (Å²) in [7, 11) is -0.921. The summed E-state index contributed by atoms with van der Waals surface area (Å²) < 4.78 is 36.0. The minimum absolute atomic E-state index is 0.862. The zero-order chi connectivity index (χ0) is 11.4. The van der Waals surface area contributed by atoms with Crippen LogP contribution in [0.3, 0.4) is 0 Å². The van der Waals surface area contributed by atoms with Crippen LogP contribution in [0.25, 0.3) is 0 Å². The van der Waals surface area contributed by atoms with Gasteiger partial charge in [-0.25, -0.2) is 18.6 Å². The Morgan fingerprint density at radius 3 is 2.07 bits per heavy atom. The second kappa shape index (κ2) is 5.69. The lowest BCUT2D eigenvalue weighted by Gasteiger charge is -2.17. The first-order valence-electron chi connectivity index (χ1n) is 3.78. The van der Waals surface area contributed by atoms with E-state index < -0.39 is 10.2 Å². The minimum Gasteiger partial charge on any atom is -0.254 e. The Kier molecular flexibility index (Phi) is 5.65. The molecule has 0 fully saturated rings. The second-order valence-corrected chi connectivity index (χ2v) is 3.94. The molecule has 8 heteroatoms. The summed E-state index contributed by atoms with van der Waals surface area (Å²) in [6.07, 6.45) is 1.21. The molecule has 0 atom stereocenters. The predicted octanol–water partition coefficient (Wildman–Crippen LogP) is -4.20. The first-order valence-corrected chi connectivity index (χ1v) is 5.39. The molecule has 1 aliphatic rings. The highest BCUT2D eigenvalue weighted by Crippen LogP contribution is 2.00. The van der Waals surface area contributed by atoms with Gasteiger partial charge in [0, 0.05) is 18.0 Å². The summed E-state index contributed by atoms with van der Waals surface area (Å²) in [4.78, 5) is 2.06. The lowest BCUT2D eigenvalue weighted by molar-refractivity contribution is -2.00. The van der Waals surface area contributed by atoms with Crippen LogP contribution in [0.5, 0.6) is 0 Å². The molecule has 0 amide bonds. The summed E-state index contributed by atoms with van der Waals surface area (Å²) in [6, 6.07) is 0. The Hall–Kier alpha value is -0.110. The molecule has 0 aromatic rings. The van der Waals surface area contributed by atoms with E-state index in [2.05, 4.69) is 9.48 Å². The molecule has 0 unspecified atom stereocenters. The largest absolute Gasteiger partial charge is 0.344 e. The van der Waals surface area contributed by atoms with E-state index in [0.29, 0.717) is 0 Å². The van der Waals surface area contributed by atoms with Crippen molar-refractivity contribution >= 4 is 16.9 Å². The molecule has 0 bridgehead atoms. The highest BCUT2D eigenvalue weighted by Gasteiger charge is 2.18. The highest BCUT2D eigenvalue weighted by atomic mass is 35.7. The monoisotopic (exact) mass is 246 g/mol. The maximum absolute atomic E-state index is 8.49. The quantitative estimate of drug-likeness (QED) is 0.319. The van der Waals surface area contributed by atoms with Gasteiger partial charge in [-0.1, -0.05) is 0 Å². The molecule has 0 spiro atoms. The zero-order valence-electron chi connectivity index (χ0n) is 7.90. The van der Waals surface area contributed by atoms with Gasteiger partial charge in [0.2, 0.25) is 0 Å². The number of rotatable bonds is 0. The molecule has 0 aliphatic carbocycles. The van der Waals surface area contributed by atoms with Gasteiger partial charge in [0.15, 0.2) is 0 Å². The highest BCUT2D eigenvalue weighted by molar-refractivity contribution is 6.63. The number of nitrogens with zero attached hydrogens (tertiary/aromatic N) is 2. The van der Waals surface area contributed by atoms with Gasteiger partial charge in [0.05, 0.1) is 27.2 Å². The molecule has 84 valence electrons. The Morgan fingerprint density at radius 1 is 1.36 bits per heavy atom. The van der Waals surface area contributed by atoms with Crippen molar-refractivity contribution in [2.24, 2.45) is 0 Å². The third-order valence-corrected chi connectivity index (χ3v) is 2.19. The van der Waals surface area contributed by atoms with E-state index in [1.807, 2.05) is 14.1 Å². The summed E-state index contributed by atoms with van der Waals surface area (Å²) in [5.41, 5.74) is 0. The average Bonchev–Trinajstić information content (AvgIpc) is 1.97. The van der Waals surface area contributed by atoms with Crippen molar-refractivity contribution in [2.75, 3.05) is 27.2 Å². The van der Waals surface area contributed by atoms with Gasteiger partial charge >= 0.3 is 5.29 Å². The van der Waals surface area contributed by atoms with Crippen LogP contribution in [0.4, 0.5) is 0 Å². The van der Waals surface area contributed by atoms with Crippen LogP contribution >= 0.6 is 11.6 Å². The van der Waals surface area contributed by atoms with E-state index >= 15 is 0 Å². The van der Waals surface area contributed by atoms with Gasteiger partial charge in [-0.2, -0.15) is 0 Å². The van der Waals surface area contributed by atoms with Gasteiger partial charge < -0.3 is 0 Å². The van der Waals surface area contributed by atoms with Crippen LogP contribution in [-0.2, 0) is 0 Å². The molecule has 0 saturated carbocycles. The molecule has 6 nitrogen and oxygen atoms in total. The molecule has 1 rings (SSSR count). The van der Waals surface area contributed by atoms with E-state index in [0.717, 1.165) is 18.4 Å². The maximum atomic E-state index is 8.49. The molecular formula is C6H12Cl2N2O4. The molecular weight excluding hydrogens is 235 g/mol. The number of halogens is 2. The van der Waals surface area contributed by atoms with Crippen molar-refractivity contribution in [3.63, 3.8) is 0 Å². The van der Waals surface area contributed by atoms with E-state index in [1.165, 1.54) is 6.42 Å². The topological polar surface area (TPSA) is 98.5 Å². The smallest absolute Gasteiger partial charge is 0.254 e. The number of hydrogen-bond acceptors (Lipinski definition) is 5. The van der Waals surface area contributed by atoms with Crippen molar-refractivity contribution in [1.82, 2.24) is 4.90 Å². The number of amidine groups is 1. The van der Waals surface area contributed by atoms with Crippen molar-refractivity contribution < 1.29 is 33.5 Å². The van der Waals surface area contributed by atoms with Crippen molar-refractivity contribution in [3.8, 4) is 0 Å². The third-order valence-electron chi connectivity index (χ3n) is 1.62. The fourth-order valence-electron chi connectivity index (χ4n) is 1.02. The van der Waals surface area contributed by atoms with Gasteiger partial charge in [-0.15, -0.1) is 10.2 Å². The van der Waals surface area contributed by atoms with E-state index in [1.54, 1.807) is 0 Å².